The van der Waals surface area contributed by atoms with Crippen LogP contribution in [0.3, 0.4) is 0 Å². The number of carbonyl (C=O) groups excluding carboxylic acids is 1. The first-order valence-corrected chi connectivity index (χ1v) is 7.78. The predicted molar refractivity (Wildman–Crippen MR) is 90.6 cm³/mol. The molecule has 2 nitrogen and oxygen atoms in total. The van der Waals surface area contributed by atoms with Gasteiger partial charge >= 0.3 is 0 Å². The number of benzene rings is 2. The summed E-state index contributed by atoms with van der Waals surface area (Å²) in [5.41, 5.74) is 3.09. The van der Waals surface area contributed by atoms with Gasteiger partial charge in [0.05, 0.1) is 6.04 Å². The minimum Gasteiger partial charge on any atom is -0.294 e. The Balaban J connectivity index is 1.79. The topological polar surface area (TPSA) is 29.4 Å². The van der Waals surface area contributed by atoms with Crippen molar-refractivity contribution in [2.75, 3.05) is 0 Å². The van der Waals surface area contributed by atoms with E-state index in [4.69, 9.17) is 4.99 Å². The summed E-state index contributed by atoms with van der Waals surface area (Å²) in [7, 11) is 0. The second-order valence-electron chi connectivity index (χ2n) is 6.58. The van der Waals surface area contributed by atoms with Crippen LogP contribution in [0, 0.1) is 5.41 Å². The Bertz CT molecular complexity index is 686. The van der Waals surface area contributed by atoms with Crippen LogP contribution < -0.4 is 0 Å². The van der Waals surface area contributed by atoms with E-state index in [0.717, 1.165) is 17.7 Å². The van der Waals surface area contributed by atoms with E-state index in [1.807, 2.05) is 48.5 Å². The smallest absolute Gasteiger partial charge is 0.165 e. The van der Waals surface area contributed by atoms with Crippen LogP contribution in [-0.2, 0) is 0 Å². The summed E-state index contributed by atoms with van der Waals surface area (Å²) in [6.45, 7) is 4.43. The molecule has 0 N–H and O–H groups in total. The highest BCUT2D eigenvalue weighted by atomic mass is 16.1. The Kier molecular flexibility index (Phi) is 3.93. The van der Waals surface area contributed by atoms with Gasteiger partial charge in [-0.3, -0.25) is 9.79 Å². The fourth-order valence-electron chi connectivity index (χ4n) is 3.22. The minimum atomic E-state index is 0.0169. The molecule has 0 aliphatic carbocycles. The summed E-state index contributed by atoms with van der Waals surface area (Å²) >= 11 is 0. The highest BCUT2D eigenvalue weighted by molar-refractivity contribution is 6.06. The van der Waals surface area contributed by atoms with E-state index in [9.17, 15) is 4.79 Å². The average molecular weight is 291 g/mol. The minimum absolute atomic E-state index is 0.0169. The molecule has 2 aromatic carbocycles. The number of rotatable bonds is 4. The van der Waals surface area contributed by atoms with Crippen molar-refractivity contribution in [3.8, 4) is 0 Å². The van der Waals surface area contributed by atoms with Crippen LogP contribution in [0.4, 0.5) is 0 Å². The SMILES string of the molecule is CC1(C)CC(CC(=O)c2ccccc2)N=C1c1ccccc1. The predicted octanol–water partition coefficient (Wildman–Crippen LogP) is 4.55. The Morgan fingerprint density at radius 1 is 1.05 bits per heavy atom. The summed E-state index contributed by atoms with van der Waals surface area (Å²) in [5, 5.41) is 0. The first-order chi connectivity index (χ1) is 10.6. The molecule has 3 rings (SSSR count). The largest absolute Gasteiger partial charge is 0.294 e. The quantitative estimate of drug-likeness (QED) is 0.760. The molecule has 2 aromatic rings. The van der Waals surface area contributed by atoms with Crippen molar-refractivity contribution >= 4 is 11.5 Å². The van der Waals surface area contributed by atoms with Gasteiger partial charge in [-0.25, -0.2) is 0 Å². The van der Waals surface area contributed by atoms with Crippen molar-refractivity contribution in [2.24, 2.45) is 10.4 Å². The third-order valence-corrected chi connectivity index (χ3v) is 4.26. The third kappa shape index (κ3) is 3.01. The average Bonchev–Trinajstić information content (AvgIpc) is 2.83. The first kappa shape index (κ1) is 14.7. The second kappa shape index (κ2) is 5.88. The number of ketones is 1. The molecule has 0 saturated carbocycles. The molecule has 1 aliphatic heterocycles. The molecule has 0 amide bonds. The van der Waals surface area contributed by atoms with Crippen LogP contribution in [0.2, 0.25) is 0 Å². The van der Waals surface area contributed by atoms with E-state index in [2.05, 4.69) is 26.0 Å². The summed E-state index contributed by atoms with van der Waals surface area (Å²) in [6, 6.07) is 19.9. The maximum absolute atomic E-state index is 12.4. The van der Waals surface area contributed by atoms with Crippen LogP contribution in [0.1, 0.15) is 42.6 Å². The molecule has 22 heavy (non-hydrogen) atoms. The first-order valence-electron chi connectivity index (χ1n) is 7.78. The fraction of sp³-hybridized carbons (Fsp3) is 0.300. The van der Waals surface area contributed by atoms with Gasteiger partial charge in [0.2, 0.25) is 0 Å². The molecular formula is C20H21NO. The van der Waals surface area contributed by atoms with Gasteiger partial charge in [0.15, 0.2) is 5.78 Å². The molecule has 112 valence electrons. The molecular weight excluding hydrogens is 270 g/mol. The van der Waals surface area contributed by atoms with Crippen LogP contribution in [0.15, 0.2) is 65.7 Å². The van der Waals surface area contributed by atoms with Crippen molar-refractivity contribution in [3.05, 3.63) is 71.8 Å². The molecule has 0 saturated heterocycles. The number of aliphatic imine (C=N–C) groups is 1. The standard InChI is InChI=1S/C20H21NO/c1-20(2)14-17(13-18(22)15-9-5-3-6-10-15)21-19(20)16-11-7-4-8-12-16/h3-12,17H,13-14H2,1-2H3. The Morgan fingerprint density at radius 2 is 1.64 bits per heavy atom. The zero-order valence-electron chi connectivity index (χ0n) is 13.1. The van der Waals surface area contributed by atoms with Gasteiger partial charge in [-0.2, -0.15) is 0 Å². The van der Waals surface area contributed by atoms with Gasteiger partial charge in [0.1, 0.15) is 0 Å². The molecule has 0 radical (unpaired) electrons. The van der Waals surface area contributed by atoms with E-state index in [0.29, 0.717) is 6.42 Å². The summed E-state index contributed by atoms with van der Waals surface area (Å²) in [5.74, 6) is 0.180. The number of Topliss-reactive ketones (excluding diaryl/α,β-unsaturated/α-hetero) is 1. The summed E-state index contributed by atoms with van der Waals surface area (Å²) in [6.07, 6.45) is 1.42. The molecule has 2 heteroatoms. The van der Waals surface area contributed by atoms with Gasteiger partial charge < -0.3 is 0 Å². The number of hydrogen-bond donors (Lipinski definition) is 0. The molecule has 0 aromatic heterocycles. The maximum Gasteiger partial charge on any atom is 0.165 e. The van der Waals surface area contributed by atoms with Gasteiger partial charge in [0, 0.05) is 23.1 Å². The fourth-order valence-corrected chi connectivity index (χ4v) is 3.22. The van der Waals surface area contributed by atoms with Crippen molar-refractivity contribution in [2.45, 2.75) is 32.7 Å². The lowest BCUT2D eigenvalue weighted by molar-refractivity contribution is 0.0973. The van der Waals surface area contributed by atoms with Crippen LogP contribution >= 0.6 is 0 Å². The van der Waals surface area contributed by atoms with Crippen LogP contribution in [0.25, 0.3) is 0 Å². The van der Waals surface area contributed by atoms with E-state index < -0.39 is 0 Å². The van der Waals surface area contributed by atoms with Crippen LogP contribution in [-0.4, -0.2) is 17.5 Å². The lowest BCUT2D eigenvalue weighted by Gasteiger charge is -2.21. The zero-order chi connectivity index (χ0) is 15.6. The summed E-state index contributed by atoms with van der Waals surface area (Å²) < 4.78 is 0. The van der Waals surface area contributed by atoms with Gasteiger partial charge in [-0.15, -0.1) is 0 Å². The van der Waals surface area contributed by atoms with Gasteiger partial charge in [-0.05, 0) is 12.0 Å². The van der Waals surface area contributed by atoms with Crippen molar-refractivity contribution < 1.29 is 4.79 Å². The number of hydrogen-bond acceptors (Lipinski definition) is 2. The molecule has 1 atom stereocenters. The number of carbonyl (C=O) groups is 1. The molecule has 0 fully saturated rings. The van der Waals surface area contributed by atoms with E-state index in [-0.39, 0.29) is 17.2 Å². The van der Waals surface area contributed by atoms with E-state index in [1.165, 1.54) is 5.56 Å². The molecule has 1 heterocycles. The van der Waals surface area contributed by atoms with Crippen molar-refractivity contribution in [1.82, 2.24) is 0 Å². The van der Waals surface area contributed by atoms with Crippen LogP contribution in [0.5, 0.6) is 0 Å². The Labute approximate surface area is 131 Å². The van der Waals surface area contributed by atoms with E-state index in [1.54, 1.807) is 0 Å². The van der Waals surface area contributed by atoms with Crippen molar-refractivity contribution in [3.63, 3.8) is 0 Å². The summed E-state index contributed by atoms with van der Waals surface area (Å²) in [4.78, 5) is 17.3. The third-order valence-electron chi connectivity index (χ3n) is 4.26. The lowest BCUT2D eigenvalue weighted by atomic mass is 9.81. The lowest BCUT2D eigenvalue weighted by Crippen LogP contribution is -2.21. The molecule has 0 bridgehead atoms. The Morgan fingerprint density at radius 3 is 2.27 bits per heavy atom. The molecule has 1 aliphatic rings. The highest BCUT2D eigenvalue weighted by Gasteiger charge is 2.36. The van der Waals surface area contributed by atoms with E-state index >= 15 is 0 Å². The zero-order valence-corrected chi connectivity index (χ0v) is 13.1. The molecule has 0 spiro atoms. The Hall–Kier alpha value is -2.22. The van der Waals surface area contributed by atoms with Gasteiger partial charge in [0.25, 0.3) is 0 Å². The second-order valence-corrected chi connectivity index (χ2v) is 6.58. The number of nitrogens with zero attached hydrogens (tertiary/aromatic N) is 1. The van der Waals surface area contributed by atoms with Gasteiger partial charge in [-0.1, -0.05) is 74.5 Å². The van der Waals surface area contributed by atoms with Crippen molar-refractivity contribution in [1.29, 1.82) is 0 Å². The molecule has 1 unspecified atom stereocenters. The monoisotopic (exact) mass is 291 g/mol. The normalized spacial score (nSPS) is 19.7. The maximum atomic E-state index is 12.4. The highest BCUT2D eigenvalue weighted by Crippen LogP contribution is 2.37.